The predicted molar refractivity (Wildman–Crippen MR) is 109 cm³/mol. The molecular weight excluding hydrogens is 342 g/mol. The number of piperazine rings is 1. The highest BCUT2D eigenvalue weighted by Crippen LogP contribution is 2.17. The van der Waals surface area contributed by atoms with Crippen LogP contribution in [-0.2, 0) is 11.3 Å². The maximum Gasteiger partial charge on any atom is 0.234 e. The lowest BCUT2D eigenvalue weighted by atomic mass is 10.0. The van der Waals surface area contributed by atoms with Crippen molar-refractivity contribution in [1.29, 1.82) is 0 Å². The SMILES string of the molecule is Cc1ccc([C@@H](C)NC(=O)CN2CCN(Cc3cccs3)CC2)cc1C. The lowest BCUT2D eigenvalue weighted by molar-refractivity contribution is -0.123. The Kier molecular flexibility index (Phi) is 6.46. The number of carbonyl (C=O) groups is 1. The molecular formula is C21H29N3OS. The van der Waals surface area contributed by atoms with Gasteiger partial charge in [0.05, 0.1) is 12.6 Å². The highest BCUT2D eigenvalue weighted by atomic mass is 32.1. The van der Waals surface area contributed by atoms with E-state index in [0.717, 1.165) is 32.7 Å². The summed E-state index contributed by atoms with van der Waals surface area (Å²) >= 11 is 1.82. The predicted octanol–water partition coefficient (Wildman–Crippen LogP) is 3.36. The second kappa shape index (κ2) is 8.80. The highest BCUT2D eigenvalue weighted by Gasteiger charge is 2.20. The molecule has 0 aliphatic carbocycles. The second-order valence-corrected chi connectivity index (χ2v) is 8.30. The number of carbonyl (C=O) groups excluding carboxylic acids is 1. The van der Waals surface area contributed by atoms with E-state index >= 15 is 0 Å². The molecule has 26 heavy (non-hydrogen) atoms. The minimum Gasteiger partial charge on any atom is -0.348 e. The smallest absolute Gasteiger partial charge is 0.234 e. The zero-order valence-electron chi connectivity index (χ0n) is 16.0. The van der Waals surface area contributed by atoms with Crippen LogP contribution < -0.4 is 5.32 Å². The summed E-state index contributed by atoms with van der Waals surface area (Å²) in [6.07, 6.45) is 0. The van der Waals surface area contributed by atoms with Crippen LogP contribution in [0.1, 0.15) is 34.5 Å². The van der Waals surface area contributed by atoms with E-state index in [9.17, 15) is 4.79 Å². The van der Waals surface area contributed by atoms with Gasteiger partial charge in [0.1, 0.15) is 0 Å². The second-order valence-electron chi connectivity index (χ2n) is 7.26. The quantitative estimate of drug-likeness (QED) is 0.846. The number of aryl methyl sites for hydroxylation is 2. The van der Waals surface area contributed by atoms with E-state index in [1.54, 1.807) is 0 Å². The van der Waals surface area contributed by atoms with Crippen LogP contribution >= 0.6 is 11.3 Å². The number of benzene rings is 1. The van der Waals surface area contributed by atoms with Crippen molar-refractivity contribution >= 4 is 17.2 Å². The van der Waals surface area contributed by atoms with Crippen LogP contribution in [0.3, 0.4) is 0 Å². The molecule has 140 valence electrons. The van der Waals surface area contributed by atoms with E-state index in [-0.39, 0.29) is 11.9 Å². The lowest BCUT2D eigenvalue weighted by Gasteiger charge is -2.34. The molecule has 0 unspecified atom stereocenters. The molecule has 2 aromatic rings. The molecule has 1 aromatic carbocycles. The van der Waals surface area contributed by atoms with Crippen LogP contribution in [0.25, 0.3) is 0 Å². The molecule has 2 heterocycles. The molecule has 3 rings (SSSR count). The Morgan fingerprint density at radius 1 is 1.12 bits per heavy atom. The maximum atomic E-state index is 12.4. The normalized spacial score (nSPS) is 17.2. The summed E-state index contributed by atoms with van der Waals surface area (Å²) in [4.78, 5) is 18.6. The first kappa shape index (κ1) is 19.1. The Hall–Kier alpha value is -1.69. The van der Waals surface area contributed by atoms with Gasteiger partial charge in [-0.05, 0) is 48.9 Å². The average molecular weight is 372 g/mol. The van der Waals surface area contributed by atoms with E-state index in [1.807, 2.05) is 11.3 Å². The summed E-state index contributed by atoms with van der Waals surface area (Å²) in [7, 11) is 0. The van der Waals surface area contributed by atoms with Gasteiger partial charge in [0.25, 0.3) is 0 Å². The van der Waals surface area contributed by atoms with Gasteiger partial charge in [0.15, 0.2) is 0 Å². The van der Waals surface area contributed by atoms with Crippen LogP contribution in [0.2, 0.25) is 0 Å². The fraction of sp³-hybridized carbons (Fsp3) is 0.476. The van der Waals surface area contributed by atoms with Crippen molar-refractivity contribution in [3.05, 3.63) is 57.3 Å². The molecule has 1 saturated heterocycles. The van der Waals surface area contributed by atoms with E-state index in [1.165, 1.54) is 21.6 Å². The number of thiophene rings is 1. The number of amides is 1. The summed E-state index contributed by atoms with van der Waals surface area (Å²) in [5.74, 6) is 0.113. The number of hydrogen-bond acceptors (Lipinski definition) is 4. The molecule has 0 radical (unpaired) electrons. The van der Waals surface area contributed by atoms with Gasteiger partial charge in [-0.25, -0.2) is 0 Å². The first-order valence-corrected chi connectivity index (χ1v) is 10.2. The molecule has 1 N–H and O–H groups in total. The van der Waals surface area contributed by atoms with Gasteiger partial charge in [-0.3, -0.25) is 14.6 Å². The summed E-state index contributed by atoms with van der Waals surface area (Å²) in [6.45, 7) is 11.8. The van der Waals surface area contributed by atoms with Gasteiger partial charge < -0.3 is 5.32 Å². The van der Waals surface area contributed by atoms with Crippen molar-refractivity contribution in [2.24, 2.45) is 0 Å². The van der Waals surface area contributed by atoms with Crippen LogP contribution in [0.5, 0.6) is 0 Å². The van der Waals surface area contributed by atoms with Gasteiger partial charge in [0.2, 0.25) is 5.91 Å². The van der Waals surface area contributed by atoms with Crippen LogP contribution in [-0.4, -0.2) is 48.4 Å². The van der Waals surface area contributed by atoms with Crippen LogP contribution in [0.4, 0.5) is 0 Å². The topological polar surface area (TPSA) is 35.6 Å². The monoisotopic (exact) mass is 371 g/mol. The molecule has 0 bridgehead atoms. The molecule has 1 aromatic heterocycles. The van der Waals surface area contributed by atoms with E-state index in [4.69, 9.17) is 0 Å². The van der Waals surface area contributed by atoms with Gasteiger partial charge in [-0.2, -0.15) is 0 Å². The number of nitrogens with zero attached hydrogens (tertiary/aromatic N) is 2. The van der Waals surface area contributed by atoms with E-state index in [2.05, 4.69) is 71.6 Å². The van der Waals surface area contributed by atoms with Gasteiger partial charge >= 0.3 is 0 Å². The zero-order chi connectivity index (χ0) is 18.5. The van der Waals surface area contributed by atoms with Gasteiger partial charge in [0, 0.05) is 37.6 Å². The Balaban J connectivity index is 1.43. The maximum absolute atomic E-state index is 12.4. The molecule has 1 atom stereocenters. The van der Waals surface area contributed by atoms with Crippen molar-refractivity contribution in [1.82, 2.24) is 15.1 Å². The summed E-state index contributed by atoms with van der Waals surface area (Å²) in [5.41, 5.74) is 3.72. The zero-order valence-corrected chi connectivity index (χ0v) is 16.8. The van der Waals surface area contributed by atoms with Crippen molar-refractivity contribution < 1.29 is 4.79 Å². The number of nitrogens with one attached hydrogen (secondary N) is 1. The largest absolute Gasteiger partial charge is 0.348 e. The highest BCUT2D eigenvalue weighted by molar-refractivity contribution is 7.09. The molecule has 0 spiro atoms. The van der Waals surface area contributed by atoms with Crippen LogP contribution in [0, 0.1) is 13.8 Å². The third-order valence-corrected chi connectivity index (χ3v) is 6.06. The molecule has 0 saturated carbocycles. The Morgan fingerprint density at radius 3 is 2.50 bits per heavy atom. The van der Waals surface area contributed by atoms with Crippen molar-refractivity contribution in [3.63, 3.8) is 0 Å². The van der Waals surface area contributed by atoms with Crippen molar-refractivity contribution in [2.45, 2.75) is 33.4 Å². The third kappa shape index (κ3) is 5.16. The number of hydrogen-bond donors (Lipinski definition) is 1. The number of rotatable bonds is 6. The molecule has 5 heteroatoms. The van der Waals surface area contributed by atoms with Gasteiger partial charge in [-0.15, -0.1) is 11.3 Å². The molecule has 1 fully saturated rings. The fourth-order valence-electron chi connectivity index (χ4n) is 3.34. The first-order valence-electron chi connectivity index (χ1n) is 9.35. The minimum absolute atomic E-state index is 0.0434. The van der Waals surface area contributed by atoms with E-state index < -0.39 is 0 Å². The van der Waals surface area contributed by atoms with Crippen LogP contribution in [0.15, 0.2) is 35.7 Å². The summed E-state index contributed by atoms with van der Waals surface area (Å²) in [6, 6.07) is 10.7. The van der Waals surface area contributed by atoms with Gasteiger partial charge in [-0.1, -0.05) is 24.3 Å². The van der Waals surface area contributed by atoms with Crippen molar-refractivity contribution in [2.75, 3.05) is 32.7 Å². The molecule has 1 amide bonds. The fourth-order valence-corrected chi connectivity index (χ4v) is 4.08. The Morgan fingerprint density at radius 2 is 1.85 bits per heavy atom. The Bertz CT molecular complexity index is 721. The first-order chi connectivity index (χ1) is 12.5. The van der Waals surface area contributed by atoms with E-state index in [0.29, 0.717) is 6.54 Å². The molecule has 1 aliphatic heterocycles. The standard InChI is InChI=1S/C21H29N3OS/c1-16-6-7-19(13-17(16)2)18(3)22-21(25)15-24-10-8-23(9-11-24)14-20-5-4-12-26-20/h4-7,12-13,18H,8-11,14-15H2,1-3H3,(H,22,25)/t18-/m1/s1. The summed E-state index contributed by atoms with van der Waals surface area (Å²) in [5, 5.41) is 5.28. The molecule has 4 nitrogen and oxygen atoms in total. The lowest BCUT2D eigenvalue weighted by Crippen LogP contribution is -2.49. The Labute approximate surface area is 160 Å². The average Bonchev–Trinajstić information content (AvgIpc) is 3.12. The third-order valence-electron chi connectivity index (χ3n) is 5.20. The van der Waals surface area contributed by atoms with Crippen molar-refractivity contribution in [3.8, 4) is 0 Å². The summed E-state index contributed by atoms with van der Waals surface area (Å²) < 4.78 is 0. The minimum atomic E-state index is 0.0434. The molecule has 1 aliphatic rings.